The molecule has 0 radical (unpaired) electrons. The molecule has 2 nitrogen and oxygen atoms in total. The van der Waals surface area contributed by atoms with Crippen molar-refractivity contribution in [3.63, 3.8) is 0 Å². The van der Waals surface area contributed by atoms with Gasteiger partial charge in [0.15, 0.2) is 0 Å². The van der Waals surface area contributed by atoms with Crippen molar-refractivity contribution < 1.29 is 0 Å². The fourth-order valence-electron chi connectivity index (χ4n) is 3.21. The Morgan fingerprint density at radius 3 is 2.80 bits per heavy atom. The summed E-state index contributed by atoms with van der Waals surface area (Å²) in [6, 6.07) is 1.31. The molecule has 4 aliphatic rings. The zero-order valence-electron chi connectivity index (χ0n) is 6.16. The molecule has 0 spiro atoms. The van der Waals surface area contributed by atoms with E-state index in [1.54, 1.807) is 0 Å². The van der Waals surface area contributed by atoms with Crippen LogP contribution in [0.25, 0.3) is 0 Å². The number of nitrogens with two attached hydrogens (primary N) is 1. The maximum Gasteiger partial charge on any atom is 0.0253 e. The highest BCUT2D eigenvalue weighted by Gasteiger charge is 2.50. The first-order valence-corrected chi connectivity index (χ1v) is 4.34. The maximum atomic E-state index is 6.06. The van der Waals surface area contributed by atoms with Crippen molar-refractivity contribution >= 4 is 0 Å². The van der Waals surface area contributed by atoms with E-state index in [2.05, 4.69) is 4.90 Å². The molecule has 4 bridgehead atoms. The zero-order valence-corrected chi connectivity index (χ0v) is 6.16. The average molecular weight is 138 g/mol. The molecule has 5 atom stereocenters. The van der Waals surface area contributed by atoms with Crippen LogP contribution in [-0.2, 0) is 0 Å². The van der Waals surface area contributed by atoms with Crippen LogP contribution in [0.15, 0.2) is 0 Å². The van der Waals surface area contributed by atoms with Crippen molar-refractivity contribution in [2.24, 2.45) is 17.6 Å². The minimum atomic E-state index is 0.527. The van der Waals surface area contributed by atoms with Crippen LogP contribution < -0.4 is 5.73 Å². The van der Waals surface area contributed by atoms with E-state index in [1.165, 1.54) is 25.9 Å². The van der Waals surface area contributed by atoms with Gasteiger partial charge in [-0.05, 0) is 24.7 Å². The van der Waals surface area contributed by atoms with Gasteiger partial charge in [-0.2, -0.15) is 0 Å². The van der Waals surface area contributed by atoms with E-state index in [9.17, 15) is 0 Å². The van der Waals surface area contributed by atoms with Crippen LogP contribution in [0, 0.1) is 11.8 Å². The van der Waals surface area contributed by atoms with Gasteiger partial charge < -0.3 is 5.73 Å². The Hall–Kier alpha value is -0.0800. The minimum absolute atomic E-state index is 0.527. The summed E-state index contributed by atoms with van der Waals surface area (Å²) in [4.78, 5) is 2.60. The van der Waals surface area contributed by atoms with E-state index in [0.717, 1.165) is 17.9 Å². The molecule has 3 aliphatic heterocycles. The summed E-state index contributed by atoms with van der Waals surface area (Å²) in [5.41, 5.74) is 6.06. The van der Waals surface area contributed by atoms with Crippen molar-refractivity contribution in [1.82, 2.24) is 4.90 Å². The van der Waals surface area contributed by atoms with E-state index in [4.69, 9.17) is 5.73 Å². The summed E-state index contributed by atoms with van der Waals surface area (Å²) in [6.07, 6.45) is 2.83. The number of piperidine rings is 1. The second kappa shape index (κ2) is 1.56. The molecule has 4 fully saturated rings. The molecule has 0 amide bonds. The quantitative estimate of drug-likeness (QED) is 0.512. The number of hydrogen-bond acceptors (Lipinski definition) is 2. The monoisotopic (exact) mass is 138 g/mol. The van der Waals surface area contributed by atoms with Gasteiger partial charge in [-0.1, -0.05) is 0 Å². The molecule has 3 saturated heterocycles. The summed E-state index contributed by atoms with van der Waals surface area (Å²) in [5.74, 6) is 1.88. The molecule has 0 aromatic rings. The topological polar surface area (TPSA) is 29.3 Å². The van der Waals surface area contributed by atoms with Gasteiger partial charge in [0, 0.05) is 25.2 Å². The van der Waals surface area contributed by atoms with E-state index in [0.29, 0.717) is 6.04 Å². The van der Waals surface area contributed by atoms with E-state index in [1.807, 2.05) is 0 Å². The largest absolute Gasteiger partial charge is 0.326 e. The van der Waals surface area contributed by atoms with Gasteiger partial charge in [0.05, 0.1) is 0 Å². The van der Waals surface area contributed by atoms with Crippen LogP contribution in [0.4, 0.5) is 0 Å². The number of hydrogen-bond donors (Lipinski definition) is 1. The van der Waals surface area contributed by atoms with Crippen LogP contribution >= 0.6 is 0 Å². The van der Waals surface area contributed by atoms with Crippen molar-refractivity contribution in [2.45, 2.75) is 24.9 Å². The zero-order chi connectivity index (χ0) is 6.72. The normalized spacial score (nSPS) is 63.9. The average Bonchev–Trinajstić information content (AvgIpc) is 2.31. The highest BCUT2D eigenvalue weighted by atomic mass is 15.3. The highest BCUT2D eigenvalue weighted by Crippen LogP contribution is 2.44. The lowest BCUT2D eigenvalue weighted by atomic mass is 9.80. The van der Waals surface area contributed by atoms with Crippen molar-refractivity contribution in [1.29, 1.82) is 0 Å². The van der Waals surface area contributed by atoms with Crippen LogP contribution in [-0.4, -0.2) is 30.1 Å². The first-order valence-electron chi connectivity index (χ1n) is 4.34. The second-order valence-corrected chi connectivity index (χ2v) is 4.20. The van der Waals surface area contributed by atoms with Gasteiger partial charge in [0.1, 0.15) is 0 Å². The summed E-state index contributed by atoms with van der Waals surface area (Å²) in [6.45, 7) is 2.66. The third-order valence-electron chi connectivity index (χ3n) is 3.63. The van der Waals surface area contributed by atoms with Crippen LogP contribution in [0.1, 0.15) is 12.8 Å². The van der Waals surface area contributed by atoms with E-state index in [-0.39, 0.29) is 0 Å². The first kappa shape index (κ1) is 5.56. The number of rotatable bonds is 0. The lowest BCUT2D eigenvalue weighted by Gasteiger charge is -2.27. The van der Waals surface area contributed by atoms with E-state index >= 15 is 0 Å². The summed E-state index contributed by atoms with van der Waals surface area (Å²) in [5, 5.41) is 0. The Balaban J connectivity index is 1.99. The van der Waals surface area contributed by atoms with Gasteiger partial charge in [0.25, 0.3) is 0 Å². The third kappa shape index (κ3) is 0.487. The molecule has 56 valence electrons. The van der Waals surface area contributed by atoms with Crippen molar-refractivity contribution in [2.75, 3.05) is 13.1 Å². The Kier molecular flexibility index (Phi) is 0.868. The van der Waals surface area contributed by atoms with Crippen LogP contribution in [0.3, 0.4) is 0 Å². The van der Waals surface area contributed by atoms with Gasteiger partial charge in [-0.25, -0.2) is 0 Å². The fourth-order valence-corrected chi connectivity index (χ4v) is 3.21. The van der Waals surface area contributed by atoms with Gasteiger partial charge in [-0.15, -0.1) is 0 Å². The third-order valence-corrected chi connectivity index (χ3v) is 3.63. The second-order valence-electron chi connectivity index (χ2n) is 4.20. The number of nitrogens with zero attached hydrogens (tertiary/aromatic N) is 1. The van der Waals surface area contributed by atoms with Gasteiger partial charge >= 0.3 is 0 Å². The Morgan fingerprint density at radius 1 is 1.20 bits per heavy atom. The molecular weight excluding hydrogens is 124 g/mol. The summed E-state index contributed by atoms with van der Waals surface area (Å²) < 4.78 is 0. The molecule has 3 heterocycles. The van der Waals surface area contributed by atoms with E-state index < -0.39 is 0 Å². The fraction of sp³-hybridized carbons (Fsp3) is 1.00. The lowest BCUT2D eigenvalue weighted by molar-refractivity contribution is 0.254. The molecule has 2 heteroatoms. The molecule has 1 saturated carbocycles. The molecule has 4 rings (SSSR count). The highest BCUT2D eigenvalue weighted by molar-refractivity contribution is 5.07. The van der Waals surface area contributed by atoms with Gasteiger partial charge in [-0.3, -0.25) is 4.90 Å². The molecule has 0 aromatic heterocycles. The molecular formula is C8H14N2. The molecule has 10 heavy (non-hydrogen) atoms. The predicted molar refractivity (Wildman–Crippen MR) is 39.6 cm³/mol. The lowest BCUT2D eigenvalue weighted by Crippen LogP contribution is -2.39. The smallest absolute Gasteiger partial charge is 0.0253 e. The van der Waals surface area contributed by atoms with Crippen molar-refractivity contribution in [3.8, 4) is 0 Å². The van der Waals surface area contributed by atoms with Crippen LogP contribution in [0.5, 0.6) is 0 Å². The maximum absolute atomic E-state index is 6.06. The molecule has 5 unspecified atom stereocenters. The minimum Gasteiger partial charge on any atom is -0.326 e. The van der Waals surface area contributed by atoms with Crippen molar-refractivity contribution in [3.05, 3.63) is 0 Å². The summed E-state index contributed by atoms with van der Waals surface area (Å²) >= 11 is 0. The summed E-state index contributed by atoms with van der Waals surface area (Å²) in [7, 11) is 0. The Bertz CT molecular complexity index is 163. The van der Waals surface area contributed by atoms with Gasteiger partial charge in [0.2, 0.25) is 0 Å². The predicted octanol–water partition coefficient (Wildman–Crippen LogP) is 0.0377. The molecule has 1 aliphatic carbocycles. The van der Waals surface area contributed by atoms with Crippen LogP contribution in [0.2, 0.25) is 0 Å². The first-order chi connectivity index (χ1) is 4.84. The standard InChI is InChI=1S/C8H14N2/c9-8-6-1-5-2-7(8)10(3-5)4-6/h5-8H,1-4,9H2. The Labute approximate surface area is 61.4 Å². The SMILES string of the molecule is NC1C2CC3CC1N(C3)C2. The molecule has 0 aromatic carbocycles. The molecule has 2 N–H and O–H groups in total. The Morgan fingerprint density at radius 2 is 2.10 bits per heavy atom.